The van der Waals surface area contributed by atoms with Gasteiger partial charge in [0.15, 0.2) is 11.5 Å². The molecule has 1 aromatic carbocycles. The lowest BCUT2D eigenvalue weighted by Gasteiger charge is -2.28. The van der Waals surface area contributed by atoms with E-state index < -0.39 is 0 Å². The van der Waals surface area contributed by atoms with E-state index in [1.807, 2.05) is 0 Å². The van der Waals surface area contributed by atoms with Crippen molar-refractivity contribution in [3.63, 3.8) is 0 Å². The third-order valence-electron chi connectivity index (χ3n) is 4.03. The van der Waals surface area contributed by atoms with E-state index in [0.717, 1.165) is 55.1 Å². The van der Waals surface area contributed by atoms with Gasteiger partial charge in [0.1, 0.15) is 13.2 Å². The lowest BCUT2D eigenvalue weighted by atomic mass is 10.0. The van der Waals surface area contributed by atoms with E-state index in [1.54, 1.807) is 0 Å². The maximum Gasteiger partial charge on any atom is 0.175 e. The monoisotopic (exact) mass is 340 g/mol. The number of hydrogen-bond donors (Lipinski definition) is 1. The molecule has 20 heavy (non-hydrogen) atoms. The van der Waals surface area contributed by atoms with Crippen molar-refractivity contribution in [2.24, 2.45) is 0 Å². The first-order chi connectivity index (χ1) is 9.75. The van der Waals surface area contributed by atoms with Gasteiger partial charge in [0.25, 0.3) is 0 Å². The Balaban J connectivity index is 1.74. The summed E-state index contributed by atoms with van der Waals surface area (Å²) in [6, 6.07) is 2.19. The SMILES string of the molecule is Cc1c(CCN2CCNCC2)cc(Br)c2c1OCCO2. The molecule has 4 nitrogen and oxygen atoms in total. The minimum atomic E-state index is 0.630. The van der Waals surface area contributed by atoms with Gasteiger partial charge in [-0.25, -0.2) is 0 Å². The Kier molecular flexibility index (Phi) is 4.48. The summed E-state index contributed by atoms with van der Waals surface area (Å²) in [6.07, 6.45) is 1.06. The Hall–Kier alpha value is -0.780. The van der Waals surface area contributed by atoms with Crippen molar-refractivity contribution in [2.75, 3.05) is 45.9 Å². The van der Waals surface area contributed by atoms with E-state index in [2.05, 4.69) is 39.1 Å². The van der Waals surface area contributed by atoms with Crippen LogP contribution in [0.1, 0.15) is 11.1 Å². The van der Waals surface area contributed by atoms with Crippen molar-refractivity contribution in [3.8, 4) is 11.5 Å². The molecule has 2 aliphatic heterocycles. The van der Waals surface area contributed by atoms with Crippen LogP contribution in [0.3, 0.4) is 0 Å². The third-order valence-corrected chi connectivity index (χ3v) is 4.62. The molecule has 0 aliphatic carbocycles. The standard InChI is InChI=1S/C15H21BrN2O2/c1-11-12(2-5-18-6-3-17-4-7-18)10-13(16)15-14(11)19-8-9-20-15/h10,17H,2-9H2,1H3. The number of ether oxygens (including phenoxy) is 2. The molecule has 110 valence electrons. The highest BCUT2D eigenvalue weighted by Crippen LogP contribution is 2.41. The zero-order valence-corrected chi connectivity index (χ0v) is 13.5. The van der Waals surface area contributed by atoms with Gasteiger partial charge in [-0.05, 0) is 46.5 Å². The molecule has 0 amide bonds. The van der Waals surface area contributed by atoms with Crippen molar-refractivity contribution >= 4 is 15.9 Å². The van der Waals surface area contributed by atoms with Crippen molar-refractivity contribution < 1.29 is 9.47 Å². The van der Waals surface area contributed by atoms with Gasteiger partial charge in [-0.1, -0.05) is 0 Å². The molecule has 1 aromatic rings. The minimum absolute atomic E-state index is 0.630. The molecule has 2 heterocycles. The van der Waals surface area contributed by atoms with Gasteiger partial charge < -0.3 is 19.7 Å². The Morgan fingerprint density at radius 1 is 1.20 bits per heavy atom. The highest BCUT2D eigenvalue weighted by atomic mass is 79.9. The van der Waals surface area contributed by atoms with Gasteiger partial charge >= 0.3 is 0 Å². The Labute approximate surface area is 128 Å². The van der Waals surface area contributed by atoms with Crippen LogP contribution in [0.5, 0.6) is 11.5 Å². The number of nitrogens with one attached hydrogen (secondary N) is 1. The summed E-state index contributed by atoms with van der Waals surface area (Å²) in [5, 5.41) is 3.39. The van der Waals surface area contributed by atoms with Crippen LogP contribution < -0.4 is 14.8 Å². The zero-order valence-electron chi connectivity index (χ0n) is 11.9. The lowest BCUT2D eigenvalue weighted by Crippen LogP contribution is -2.44. The molecule has 1 N–H and O–H groups in total. The van der Waals surface area contributed by atoms with Crippen molar-refractivity contribution in [3.05, 3.63) is 21.7 Å². The van der Waals surface area contributed by atoms with Crippen molar-refractivity contribution in [2.45, 2.75) is 13.3 Å². The highest BCUT2D eigenvalue weighted by Gasteiger charge is 2.20. The molecular formula is C15H21BrN2O2. The molecular weight excluding hydrogens is 320 g/mol. The van der Waals surface area contributed by atoms with Gasteiger partial charge in [0.2, 0.25) is 0 Å². The Bertz CT molecular complexity index is 487. The summed E-state index contributed by atoms with van der Waals surface area (Å²) in [5.41, 5.74) is 2.57. The van der Waals surface area contributed by atoms with Crippen LogP contribution in [0.25, 0.3) is 0 Å². The number of nitrogens with zero attached hydrogens (tertiary/aromatic N) is 1. The highest BCUT2D eigenvalue weighted by molar-refractivity contribution is 9.10. The van der Waals surface area contributed by atoms with Crippen molar-refractivity contribution in [1.29, 1.82) is 0 Å². The van der Waals surface area contributed by atoms with E-state index in [9.17, 15) is 0 Å². The van der Waals surface area contributed by atoms with Crippen LogP contribution >= 0.6 is 15.9 Å². The van der Waals surface area contributed by atoms with Gasteiger partial charge in [-0.3, -0.25) is 0 Å². The molecule has 0 aromatic heterocycles. The number of rotatable bonds is 3. The van der Waals surface area contributed by atoms with Crippen LogP contribution in [0, 0.1) is 6.92 Å². The van der Waals surface area contributed by atoms with Crippen LogP contribution in [-0.4, -0.2) is 50.8 Å². The molecule has 1 fully saturated rings. The predicted octanol–water partition coefficient (Wildman–Crippen LogP) is 1.98. The van der Waals surface area contributed by atoms with Crippen molar-refractivity contribution in [1.82, 2.24) is 10.2 Å². The second-order valence-electron chi connectivity index (χ2n) is 5.34. The van der Waals surface area contributed by atoms with E-state index in [4.69, 9.17) is 9.47 Å². The van der Waals surface area contributed by atoms with Crippen LogP contribution in [-0.2, 0) is 6.42 Å². The number of piperazine rings is 1. The molecule has 5 heteroatoms. The molecule has 0 saturated carbocycles. The molecule has 0 atom stereocenters. The number of benzene rings is 1. The van der Waals surface area contributed by atoms with E-state index in [-0.39, 0.29) is 0 Å². The number of halogens is 1. The number of fused-ring (bicyclic) bond motifs is 1. The molecule has 0 radical (unpaired) electrons. The summed E-state index contributed by atoms with van der Waals surface area (Å²) in [7, 11) is 0. The maximum absolute atomic E-state index is 5.79. The second-order valence-corrected chi connectivity index (χ2v) is 6.19. The third kappa shape index (κ3) is 2.95. The lowest BCUT2D eigenvalue weighted by molar-refractivity contribution is 0.169. The van der Waals surface area contributed by atoms with Gasteiger partial charge in [0, 0.05) is 32.7 Å². The smallest absolute Gasteiger partial charge is 0.175 e. The quantitative estimate of drug-likeness (QED) is 0.912. The fourth-order valence-corrected chi connectivity index (χ4v) is 3.39. The summed E-state index contributed by atoms with van der Waals surface area (Å²) in [5.74, 6) is 1.78. The first-order valence-corrected chi connectivity index (χ1v) is 8.05. The summed E-state index contributed by atoms with van der Waals surface area (Å²) in [4.78, 5) is 2.51. The summed E-state index contributed by atoms with van der Waals surface area (Å²) >= 11 is 3.60. The fourth-order valence-electron chi connectivity index (χ4n) is 2.82. The zero-order chi connectivity index (χ0) is 13.9. The molecule has 0 bridgehead atoms. The second kappa shape index (κ2) is 6.33. The van der Waals surface area contributed by atoms with E-state index in [1.165, 1.54) is 11.1 Å². The summed E-state index contributed by atoms with van der Waals surface area (Å²) in [6.45, 7) is 9.00. The summed E-state index contributed by atoms with van der Waals surface area (Å²) < 4.78 is 12.5. The maximum atomic E-state index is 5.79. The van der Waals surface area contributed by atoms with Gasteiger partial charge in [0.05, 0.1) is 4.47 Å². The Morgan fingerprint density at radius 3 is 2.65 bits per heavy atom. The molecule has 2 aliphatic rings. The average Bonchev–Trinajstić information content (AvgIpc) is 2.50. The molecule has 0 unspecified atom stereocenters. The molecule has 0 spiro atoms. The predicted molar refractivity (Wildman–Crippen MR) is 82.9 cm³/mol. The van der Waals surface area contributed by atoms with Crippen LogP contribution in [0.4, 0.5) is 0 Å². The molecule has 3 rings (SSSR count). The fraction of sp³-hybridized carbons (Fsp3) is 0.600. The minimum Gasteiger partial charge on any atom is -0.486 e. The number of hydrogen-bond acceptors (Lipinski definition) is 4. The largest absolute Gasteiger partial charge is 0.486 e. The van der Waals surface area contributed by atoms with E-state index in [0.29, 0.717) is 13.2 Å². The first kappa shape index (κ1) is 14.2. The Morgan fingerprint density at radius 2 is 1.90 bits per heavy atom. The normalized spacial score (nSPS) is 19.1. The van der Waals surface area contributed by atoms with E-state index >= 15 is 0 Å². The van der Waals surface area contributed by atoms with Gasteiger partial charge in [-0.2, -0.15) is 0 Å². The van der Waals surface area contributed by atoms with Crippen LogP contribution in [0.15, 0.2) is 10.5 Å². The first-order valence-electron chi connectivity index (χ1n) is 7.26. The molecule has 1 saturated heterocycles. The van der Waals surface area contributed by atoms with Crippen LogP contribution in [0.2, 0.25) is 0 Å². The average molecular weight is 341 g/mol. The van der Waals surface area contributed by atoms with Gasteiger partial charge in [-0.15, -0.1) is 0 Å². The topological polar surface area (TPSA) is 33.7 Å².